The van der Waals surface area contributed by atoms with Crippen LogP contribution in [0.1, 0.15) is 5.56 Å². The van der Waals surface area contributed by atoms with Gasteiger partial charge < -0.3 is 11.5 Å². The second kappa shape index (κ2) is 4.23. The quantitative estimate of drug-likeness (QED) is 0.611. The van der Waals surface area contributed by atoms with Gasteiger partial charge in [-0.25, -0.2) is 9.38 Å². The van der Waals surface area contributed by atoms with Crippen molar-refractivity contribution >= 4 is 21.9 Å². The molecule has 1 rings (SSSR count). The van der Waals surface area contributed by atoms with Crippen LogP contribution >= 0.6 is 15.9 Å². The van der Waals surface area contributed by atoms with Crippen LogP contribution in [0.4, 0.5) is 4.39 Å². The van der Waals surface area contributed by atoms with Crippen LogP contribution in [0, 0.1) is 5.82 Å². The molecule has 0 saturated carbocycles. The summed E-state index contributed by atoms with van der Waals surface area (Å²) in [5.74, 6) is -0.310. The molecule has 0 heterocycles. The van der Waals surface area contributed by atoms with Crippen LogP contribution in [0.2, 0.25) is 0 Å². The van der Waals surface area contributed by atoms with E-state index in [1.165, 1.54) is 12.1 Å². The zero-order chi connectivity index (χ0) is 9.84. The van der Waals surface area contributed by atoms with E-state index in [0.717, 1.165) is 5.56 Å². The Kier molecular flexibility index (Phi) is 3.25. The molecule has 0 aliphatic rings. The van der Waals surface area contributed by atoms with Crippen LogP contribution in [0.5, 0.6) is 0 Å². The number of benzene rings is 1. The first-order valence-corrected chi connectivity index (χ1v) is 4.37. The van der Waals surface area contributed by atoms with E-state index in [-0.39, 0.29) is 11.8 Å². The summed E-state index contributed by atoms with van der Waals surface area (Å²) in [6.07, 6.45) is 0. The van der Waals surface area contributed by atoms with Crippen LogP contribution in [0.15, 0.2) is 27.7 Å². The van der Waals surface area contributed by atoms with Gasteiger partial charge in [-0.1, -0.05) is 15.9 Å². The van der Waals surface area contributed by atoms with Gasteiger partial charge in [0.05, 0.1) is 6.54 Å². The van der Waals surface area contributed by atoms with Gasteiger partial charge in [-0.15, -0.1) is 0 Å². The van der Waals surface area contributed by atoms with Crippen molar-refractivity contribution in [3.8, 4) is 0 Å². The van der Waals surface area contributed by atoms with Crippen molar-refractivity contribution in [2.75, 3.05) is 0 Å². The molecule has 70 valence electrons. The van der Waals surface area contributed by atoms with E-state index in [1.807, 2.05) is 0 Å². The predicted octanol–water partition coefficient (Wildman–Crippen LogP) is 1.36. The number of nitrogens with zero attached hydrogens (tertiary/aromatic N) is 1. The fraction of sp³-hybridized carbons (Fsp3) is 0.125. The van der Waals surface area contributed by atoms with Crippen molar-refractivity contribution in [1.82, 2.24) is 0 Å². The van der Waals surface area contributed by atoms with E-state index in [4.69, 9.17) is 11.5 Å². The molecule has 0 unspecified atom stereocenters. The normalized spacial score (nSPS) is 9.69. The molecule has 0 aliphatic carbocycles. The molecule has 0 aromatic heterocycles. The van der Waals surface area contributed by atoms with Crippen LogP contribution in [-0.4, -0.2) is 5.96 Å². The number of hydrogen-bond donors (Lipinski definition) is 2. The third kappa shape index (κ3) is 3.42. The molecule has 0 saturated heterocycles. The molecule has 0 radical (unpaired) electrons. The van der Waals surface area contributed by atoms with E-state index < -0.39 is 0 Å². The highest BCUT2D eigenvalue weighted by molar-refractivity contribution is 9.10. The minimum atomic E-state index is -0.310. The molecule has 4 N–H and O–H groups in total. The Labute approximate surface area is 83.8 Å². The monoisotopic (exact) mass is 245 g/mol. The SMILES string of the molecule is NC(N)=NCc1cc(F)cc(Br)c1. The highest BCUT2D eigenvalue weighted by atomic mass is 79.9. The molecule has 3 nitrogen and oxygen atoms in total. The average Bonchev–Trinajstić information content (AvgIpc) is 1.99. The summed E-state index contributed by atoms with van der Waals surface area (Å²) in [7, 11) is 0. The summed E-state index contributed by atoms with van der Waals surface area (Å²) in [5, 5.41) is 0. The van der Waals surface area contributed by atoms with E-state index in [9.17, 15) is 4.39 Å². The molecule has 0 atom stereocenters. The third-order valence-corrected chi connectivity index (χ3v) is 1.82. The summed E-state index contributed by atoms with van der Waals surface area (Å²) in [6, 6.07) is 4.52. The zero-order valence-electron chi connectivity index (χ0n) is 6.80. The van der Waals surface area contributed by atoms with Crippen LogP contribution in [0.3, 0.4) is 0 Å². The van der Waals surface area contributed by atoms with Crippen LogP contribution in [-0.2, 0) is 6.54 Å². The number of guanidine groups is 1. The molecule has 0 spiro atoms. The van der Waals surface area contributed by atoms with Crippen molar-refractivity contribution in [2.24, 2.45) is 16.5 Å². The van der Waals surface area contributed by atoms with Crippen molar-refractivity contribution in [3.05, 3.63) is 34.1 Å². The smallest absolute Gasteiger partial charge is 0.186 e. The number of aliphatic imine (C=N–C) groups is 1. The van der Waals surface area contributed by atoms with Crippen molar-refractivity contribution in [1.29, 1.82) is 0 Å². The lowest BCUT2D eigenvalue weighted by Crippen LogP contribution is -2.22. The second-order valence-corrected chi connectivity index (χ2v) is 3.43. The van der Waals surface area contributed by atoms with Crippen LogP contribution in [0.25, 0.3) is 0 Å². The minimum Gasteiger partial charge on any atom is -0.370 e. The van der Waals surface area contributed by atoms with Gasteiger partial charge in [-0.05, 0) is 23.8 Å². The Morgan fingerprint density at radius 3 is 2.62 bits per heavy atom. The van der Waals surface area contributed by atoms with Gasteiger partial charge in [0, 0.05) is 4.47 Å². The maximum Gasteiger partial charge on any atom is 0.186 e. The third-order valence-electron chi connectivity index (χ3n) is 1.37. The van der Waals surface area contributed by atoms with Gasteiger partial charge >= 0.3 is 0 Å². The molecule has 0 fully saturated rings. The van der Waals surface area contributed by atoms with E-state index >= 15 is 0 Å². The zero-order valence-corrected chi connectivity index (χ0v) is 8.38. The summed E-state index contributed by atoms with van der Waals surface area (Å²) in [4.78, 5) is 3.76. The first-order chi connectivity index (χ1) is 6.08. The lowest BCUT2D eigenvalue weighted by atomic mass is 10.2. The van der Waals surface area contributed by atoms with Gasteiger partial charge in [0.25, 0.3) is 0 Å². The summed E-state index contributed by atoms with van der Waals surface area (Å²) < 4.78 is 13.5. The standard InChI is InChI=1S/C8H9BrFN3/c9-6-1-5(2-7(10)3-6)4-13-8(11)12/h1-3H,4H2,(H4,11,12,13). The molecule has 1 aromatic rings. The van der Waals surface area contributed by atoms with Crippen LogP contribution < -0.4 is 11.5 Å². The van der Waals surface area contributed by atoms with Gasteiger partial charge in [0.2, 0.25) is 0 Å². The summed E-state index contributed by atoms with van der Waals surface area (Å²) in [5.41, 5.74) is 11.0. The van der Waals surface area contributed by atoms with Gasteiger partial charge in [-0.2, -0.15) is 0 Å². The molecular weight excluding hydrogens is 237 g/mol. The number of hydrogen-bond acceptors (Lipinski definition) is 1. The Morgan fingerprint density at radius 1 is 1.38 bits per heavy atom. The number of nitrogens with two attached hydrogens (primary N) is 2. The topological polar surface area (TPSA) is 64.4 Å². The molecule has 0 bridgehead atoms. The maximum absolute atomic E-state index is 12.8. The molecule has 1 aromatic carbocycles. The predicted molar refractivity (Wildman–Crippen MR) is 53.6 cm³/mol. The Bertz CT molecular complexity index is 314. The molecule has 0 amide bonds. The van der Waals surface area contributed by atoms with Crippen molar-refractivity contribution in [3.63, 3.8) is 0 Å². The van der Waals surface area contributed by atoms with E-state index in [2.05, 4.69) is 20.9 Å². The van der Waals surface area contributed by atoms with Gasteiger partial charge in [0.15, 0.2) is 5.96 Å². The average molecular weight is 246 g/mol. The lowest BCUT2D eigenvalue weighted by Gasteiger charge is -1.99. The number of rotatable bonds is 2. The Balaban J connectivity index is 2.83. The van der Waals surface area contributed by atoms with E-state index in [0.29, 0.717) is 11.0 Å². The highest BCUT2D eigenvalue weighted by Gasteiger charge is 1.97. The largest absolute Gasteiger partial charge is 0.370 e. The van der Waals surface area contributed by atoms with E-state index in [1.54, 1.807) is 6.07 Å². The molecule has 0 aliphatic heterocycles. The van der Waals surface area contributed by atoms with Crippen molar-refractivity contribution in [2.45, 2.75) is 6.54 Å². The molecule has 13 heavy (non-hydrogen) atoms. The number of halogens is 2. The minimum absolute atomic E-state index is 0.000355. The Morgan fingerprint density at radius 2 is 2.08 bits per heavy atom. The fourth-order valence-electron chi connectivity index (χ4n) is 0.885. The molecular formula is C8H9BrFN3. The Hall–Kier alpha value is -1.10. The summed E-state index contributed by atoms with van der Waals surface area (Å²) in [6.45, 7) is 0.290. The second-order valence-electron chi connectivity index (χ2n) is 2.52. The van der Waals surface area contributed by atoms with Gasteiger partial charge in [-0.3, -0.25) is 0 Å². The van der Waals surface area contributed by atoms with Crippen molar-refractivity contribution < 1.29 is 4.39 Å². The lowest BCUT2D eigenvalue weighted by molar-refractivity contribution is 0.624. The molecule has 5 heteroatoms. The maximum atomic E-state index is 12.8. The first-order valence-electron chi connectivity index (χ1n) is 3.58. The van der Waals surface area contributed by atoms with Gasteiger partial charge in [0.1, 0.15) is 5.82 Å². The first kappa shape index (κ1) is 9.98. The fourth-order valence-corrected chi connectivity index (χ4v) is 1.40. The summed E-state index contributed by atoms with van der Waals surface area (Å²) >= 11 is 3.17. The highest BCUT2D eigenvalue weighted by Crippen LogP contribution is 2.15.